The summed E-state index contributed by atoms with van der Waals surface area (Å²) in [6.45, 7) is 0. The van der Waals surface area contributed by atoms with Crippen molar-refractivity contribution in [2.24, 2.45) is 0 Å². The molecule has 130 valence electrons. The molecule has 3 aromatic carbocycles. The summed E-state index contributed by atoms with van der Waals surface area (Å²) >= 11 is 6.01. The second-order valence-corrected chi connectivity index (χ2v) is 5.99. The van der Waals surface area contributed by atoms with E-state index in [4.69, 9.17) is 17.3 Å². The van der Waals surface area contributed by atoms with Crippen molar-refractivity contribution in [3.05, 3.63) is 87.4 Å². The average molecular weight is 368 g/mol. The summed E-state index contributed by atoms with van der Waals surface area (Å²) in [5.41, 5.74) is 8.59. The van der Waals surface area contributed by atoms with Crippen molar-refractivity contribution in [1.82, 2.24) is 0 Å². The van der Waals surface area contributed by atoms with Gasteiger partial charge in [0.2, 0.25) is 0 Å². The van der Waals surface area contributed by atoms with Crippen molar-refractivity contribution in [2.75, 3.05) is 11.1 Å². The van der Waals surface area contributed by atoms with E-state index in [2.05, 4.69) is 5.32 Å². The summed E-state index contributed by atoms with van der Waals surface area (Å²) in [5.74, 6) is -0.520. The fourth-order valence-corrected chi connectivity index (χ4v) is 2.65. The molecular formula is C19H14ClN3O3. The molecule has 0 saturated heterocycles. The van der Waals surface area contributed by atoms with E-state index in [1.54, 1.807) is 30.3 Å². The predicted molar refractivity (Wildman–Crippen MR) is 102 cm³/mol. The standard InChI is InChI=1S/C19H14ClN3O3/c20-18-9-8-16(23(25)26)11-17(18)19(24)22-15-3-1-2-13(10-15)12-4-6-14(21)7-5-12/h1-11H,21H2,(H,22,24). The van der Waals surface area contributed by atoms with Gasteiger partial charge < -0.3 is 11.1 Å². The van der Waals surface area contributed by atoms with Crippen LogP contribution < -0.4 is 11.1 Å². The van der Waals surface area contributed by atoms with Crippen LogP contribution in [0.4, 0.5) is 17.1 Å². The zero-order valence-corrected chi connectivity index (χ0v) is 14.2. The number of hydrogen-bond donors (Lipinski definition) is 2. The lowest BCUT2D eigenvalue weighted by atomic mass is 10.0. The summed E-state index contributed by atoms with van der Waals surface area (Å²) in [5, 5.41) is 13.8. The minimum absolute atomic E-state index is 0.0405. The summed E-state index contributed by atoms with van der Waals surface area (Å²) in [4.78, 5) is 22.8. The second kappa shape index (κ2) is 7.25. The smallest absolute Gasteiger partial charge is 0.270 e. The molecule has 3 aromatic rings. The van der Waals surface area contributed by atoms with Gasteiger partial charge in [-0.25, -0.2) is 0 Å². The molecule has 0 aromatic heterocycles. The van der Waals surface area contributed by atoms with Crippen molar-refractivity contribution in [3.63, 3.8) is 0 Å². The molecule has 6 nitrogen and oxygen atoms in total. The summed E-state index contributed by atoms with van der Waals surface area (Å²) in [7, 11) is 0. The number of non-ortho nitro benzene ring substituents is 1. The van der Waals surface area contributed by atoms with E-state index in [0.29, 0.717) is 11.4 Å². The first kappa shape index (κ1) is 17.4. The number of anilines is 2. The quantitative estimate of drug-likeness (QED) is 0.395. The number of halogens is 1. The normalized spacial score (nSPS) is 10.3. The summed E-state index contributed by atoms with van der Waals surface area (Å²) in [6.07, 6.45) is 0. The molecular weight excluding hydrogens is 354 g/mol. The molecule has 3 N–H and O–H groups in total. The Labute approximate surface area is 154 Å². The number of benzene rings is 3. The van der Waals surface area contributed by atoms with Gasteiger partial charge in [-0.05, 0) is 41.5 Å². The molecule has 0 heterocycles. The van der Waals surface area contributed by atoms with Crippen molar-refractivity contribution >= 4 is 34.6 Å². The highest BCUT2D eigenvalue weighted by Gasteiger charge is 2.16. The lowest BCUT2D eigenvalue weighted by Crippen LogP contribution is -2.12. The van der Waals surface area contributed by atoms with Gasteiger partial charge in [-0.3, -0.25) is 14.9 Å². The number of carbonyl (C=O) groups is 1. The van der Waals surface area contributed by atoms with Crippen LogP contribution >= 0.6 is 11.6 Å². The molecule has 0 fully saturated rings. The van der Waals surface area contributed by atoms with E-state index in [9.17, 15) is 14.9 Å². The van der Waals surface area contributed by atoms with E-state index in [-0.39, 0.29) is 16.3 Å². The van der Waals surface area contributed by atoms with Gasteiger partial charge in [0.1, 0.15) is 0 Å². The molecule has 0 unspecified atom stereocenters. The Balaban J connectivity index is 1.86. The van der Waals surface area contributed by atoms with Gasteiger partial charge in [0, 0.05) is 23.5 Å². The molecule has 0 aliphatic rings. The Morgan fingerprint density at radius 3 is 2.42 bits per heavy atom. The van der Waals surface area contributed by atoms with Crippen molar-refractivity contribution in [2.45, 2.75) is 0 Å². The van der Waals surface area contributed by atoms with E-state index < -0.39 is 10.8 Å². The number of hydrogen-bond acceptors (Lipinski definition) is 4. The largest absolute Gasteiger partial charge is 0.399 e. The molecule has 1 amide bonds. The van der Waals surface area contributed by atoms with Crippen molar-refractivity contribution in [3.8, 4) is 11.1 Å². The van der Waals surface area contributed by atoms with Crippen molar-refractivity contribution in [1.29, 1.82) is 0 Å². The number of nitrogens with zero attached hydrogens (tertiary/aromatic N) is 1. The minimum Gasteiger partial charge on any atom is -0.399 e. The Morgan fingerprint density at radius 1 is 1.00 bits per heavy atom. The van der Waals surface area contributed by atoms with Crippen LogP contribution in [0.1, 0.15) is 10.4 Å². The van der Waals surface area contributed by atoms with Crippen LogP contribution in [0, 0.1) is 10.1 Å². The number of nitrogens with one attached hydrogen (secondary N) is 1. The first-order chi connectivity index (χ1) is 12.4. The van der Waals surface area contributed by atoms with Gasteiger partial charge in [0.25, 0.3) is 11.6 Å². The number of nitro benzene ring substituents is 1. The number of rotatable bonds is 4. The molecule has 0 aliphatic heterocycles. The third-order valence-electron chi connectivity index (χ3n) is 3.77. The number of nitrogens with two attached hydrogens (primary N) is 1. The fraction of sp³-hybridized carbons (Fsp3) is 0. The number of nitro groups is 1. The molecule has 0 saturated carbocycles. The van der Waals surface area contributed by atoms with Crippen LogP contribution in [-0.4, -0.2) is 10.8 Å². The van der Waals surface area contributed by atoms with Crippen LogP contribution in [-0.2, 0) is 0 Å². The third-order valence-corrected chi connectivity index (χ3v) is 4.10. The number of amides is 1. The Hall–Kier alpha value is -3.38. The van der Waals surface area contributed by atoms with Crippen molar-refractivity contribution < 1.29 is 9.72 Å². The topological polar surface area (TPSA) is 98.3 Å². The second-order valence-electron chi connectivity index (χ2n) is 5.58. The Bertz CT molecular complexity index is 988. The van der Waals surface area contributed by atoms with E-state index >= 15 is 0 Å². The zero-order chi connectivity index (χ0) is 18.7. The highest BCUT2D eigenvalue weighted by Crippen LogP contribution is 2.26. The van der Waals surface area contributed by atoms with Crippen LogP contribution in [0.15, 0.2) is 66.7 Å². The summed E-state index contributed by atoms with van der Waals surface area (Å²) < 4.78 is 0. The van der Waals surface area contributed by atoms with Crippen LogP contribution in [0.2, 0.25) is 5.02 Å². The third kappa shape index (κ3) is 3.81. The van der Waals surface area contributed by atoms with E-state index in [1.807, 2.05) is 18.2 Å². The maximum atomic E-state index is 12.5. The van der Waals surface area contributed by atoms with Gasteiger partial charge in [-0.2, -0.15) is 0 Å². The van der Waals surface area contributed by atoms with E-state index in [1.165, 1.54) is 12.1 Å². The van der Waals surface area contributed by atoms with Gasteiger partial charge in [0.15, 0.2) is 0 Å². The number of carbonyl (C=O) groups excluding carboxylic acids is 1. The van der Waals surface area contributed by atoms with Crippen LogP contribution in [0.5, 0.6) is 0 Å². The lowest BCUT2D eigenvalue weighted by molar-refractivity contribution is -0.384. The zero-order valence-electron chi connectivity index (χ0n) is 13.5. The lowest BCUT2D eigenvalue weighted by Gasteiger charge is -2.09. The molecule has 0 bridgehead atoms. The average Bonchev–Trinajstić information content (AvgIpc) is 2.62. The highest BCUT2D eigenvalue weighted by atomic mass is 35.5. The van der Waals surface area contributed by atoms with Crippen LogP contribution in [0.25, 0.3) is 11.1 Å². The fourth-order valence-electron chi connectivity index (χ4n) is 2.45. The maximum Gasteiger partial charge on any atom is 0.270 e. The Kier molecular flexibility index (Phi) is 4.86. The molecule has 0 atom stereocenters. The molecule has 0 spiro atoms. The highest BCUT2D eigenvalue weighted by molar-refractivity contribution is 6.34. The first-order valence-corrected chi connectivity index (χ1v) is 8.03. The summed E-state index contributed by atoms with van der Waals surface area (Å²) in [6, 6.07) is 18.3. The molecule has 26 heavy (non-hydrogen) atoms. The SMILES string of the molecule is Nc1ccc(-c2cccc(NC(=O)c3cc([N+](=O)[O-])ccc3Cl)c2)cc1. The van der Waals surface area contributed by atoms with Gasteiger partial charge >= 0.3 is 0 Å². The number of nitrogen functional groups attached to an aromatic ring is 1. The van der Waals surface area contributed by atoms with E-state index in [0.717, 1.165) is 17.2 Å². The molecule has 3 rings (SSSR count). The first-order valence-electron chi connectivity index (χ1n) is 7.65. The van der Waals surface area contributed by atoms with Gasteiger partial charge in [0.05, 0.1) is 15.5 Å². The molecule has 0 radical (unpaired) electrons. The monoisotopic (exact) mass is 367 g/mol. The van der Waals surface area contributed by atoms with Gasteiger partial charge in [-0.15, -0.1) is 0 Å². The van der Waals surface area contributed by atoms with Gasteiger partial charge in [-0.1, -0.05) is 35.9 Å². The molecule has 0 aliphatic carbocycles. The Morgan fingerprint density at radius 2 is 1.73 bits per heavy atom. The maximum absolute atomic E-state index is 12.5. The van der Waals surface area contributed by atoms with Crippen LogP contribution in [0.3, 0.4) is 0 Å². The minimum atomic E-state index is -0.575. The molecule has 7 heteroatoms. The predicted octanol–water partition coefficient (Wildman–Crippen LogP) is 4.75.